The lowest BCUT2D eigenvalue weighted by atomic mass is 9.98. The standard InChI is InChI=1S/C30H17ClF2N4O2S/c31-28-22(12-17-3-1-2-4-23(17)34-28)26-14-24(16-5-7-19(32)8-6-16)36-37(26)30-35-25(15-40-30)21-13-18-11-20(33)9-10-27(18)39-29(21)38/h1-13,15,26H,14H2. The van der Waals surface area contributed by atoms with Crippen molar-refractivity contribution in [3.8, 4) is 11.3 Å². The number of hydrazone groups is 1. The van der Waals surface area contributed by atoms with Crippen molar-refractivity contribution in [2.24, 2.45) is 5.10 Å². The maximum Gasteiger partial charge on any atom is 0.345 e. The van der Waals surface area contributed by atoms with Crippen molar-refractivity contribution >= 4 is 55.7 Å². The van der Waals surface area contributed by atoms with E-state index in [1.165, 1.54) is 41.7 Å². The zero-order valence-electron chi connectivity index (χ0n) is 20.5. The summed E-state index contributed by atoms with van der Waals surface area (Å²) in [5.41, 5.74) is 3.34. The lowest BCUT2D eigenvalue weighted by Crippen LogP contribution is -2.19. The fourth-order valence-corrected chi connectivity index (χ4v) is 5.95. The van der Waals surface area contributed by atoms with Crippen LogP contribution in [0.15, 0.2) is 98.6 Å². The number of hydrogen-bond acceptors (Lipinski definition) is 7. The Morgan fingerprint density at radius 1 is 0.925 bits per heavy atom. The molecule has 1 aliphatic rings. The molecule has 3 aromatic heterocycles. The van der Waals surface area contributed by atoms with E-state index < -0.39 is 11.4 Å². The van der Waals surface area contributed by atoms with Crippen LogP contribution in [-0.4, -0.2) is 15.7 Å². The molecule has 3 aromatic carbocycles. The maximum absolute atomic E-state index is 13.8. The molecule has 0 fully saturated rings. The molecule has 0 aliphatic carbocycles. The zero-order valence-corrected chi connectivity index (χ0v) is 22.1. The second kappa shape index (κ2) is 9.62. The van der Waals surface area contributed by atoms with Gasteiger partial charge in [-0.1, -0.05) is 41.9 Å². The van der Waals surface area contributed by atoms with Crippen molar-refractivity contribution in [3.05, 3.63) is 123 Å². The molecule has 0 saturated heterocycles. The van der Waals surface area contributed by atoms with Gasteiger partial charge in [0.25, 0.3) is 0 Å². The van der Waals surface area contributed by atoms with Crippen LogP contribution < -0.4 is 10.6 Å². The number of benzene rings is 3. The summed E-state index contributed by atoms with van der Waals surface area (Å²) in [5.74, 6) is -0.772. The fourth-order valence-electron chi connectivity index (χ4n) is 4.85. The number of rotatable bonds is 4. The molecule has 0 bridgehead atoms. The van der Waals surface area contributed by atoms with Crippen LogP contribution in [0.3, 0.4) is 0 Å². The van der Waals surface area contributed by atoms with E-state index in [2.05, 4.69) is 4.98 Å². The van der Waals surface area contributed by atoms with Crippen LogP contribution in [0.5, 0.6) is 0 Å². The van der Waals surface area contributed by atoms with E-state index in [-0.39, 0.29) is 23.0 Å². The van der Waals surface area contributed by atoms with Crippen molar-refractivity contribution in [2.45, 2.75) is 12.5 Å². The van der Waals surface area contributed by atoms with E-state index in [9.17, 15) is 13.6 Å². The van der Waals surface area contributed by atoms with Crippen LogP contribution in [0.2, 0.25) is 5.15 Å². The normalized spacial score (nSPS) is 15.2. The molecule has 10 heteroatoms. The molecule has 196 valence electrons. The van der Waals surface area contributed by atoms with E-state index in [0.29, 0.717) is 27.8 Å². The smallest absolute Gasteiger partial charge is 0.345 e. The molecule has 40 heavy (non-hydrogen) atoms. The molecule has 1 atom stereocenters. The van der Waals surface area contributed by atoms with Gasteiger partial charge >= 0.3 is 5.63 Å². The number of fused-ring (bicyclic) bond motifs is 2. The second-order valence-electron chi connectivity index (χ2n) is 9.32. The second-order valence-corrected chi connectivity index (χ2v) is 10.5. The van der Waals surface area contributed by atoms with Gasteiger partial charge < -0.3 is 4.42 Å². The maximum atomic E-state index is 13.8. The van der Waals surface area contributed by atoms with E-state index in [1.54, 1.807) is 28.6 Å². The van der Waals surface area contributed by atoms with Crippen molar-refractivity contribution in [2.75, 3.05) is 5.01 Å². The van der Waals surface area contributed by atoms with Crippen LogP contribution in [0.4, 0.5) is 13.9 Å². The first-order valence-electron chi connectivity index (χ1n) is 12.3. The summed E-state index contributed by atoms with van der Waals surface area (Å²) < 4.78 is 32.9. The van der Waals surface area contributed by atoms with Gasteiger partial charge in [-0.25, -0.2) is 28.6 Å². The Labute approximate surface area is 234 Å². The van der Waals surface area contributed by atoms with Gasteiger partial charge in [-0.2, -0.15) is 5.10 Å². The largest absolute Gasteiger partial charge is 0.422 e. The van der Waals surface area contributed by atoms with Gasteiger partial charge in [0, 0.05) is 28.1 Å². The van der Waals surface area contributed by atoms with Gasteiger partial charge in [-0.05, 0) is 54.1 Å². The molecule has 0 amide bonds. The third kappa shape index (κ3) is 4.33. The van der Waals surface area contributed by atoms with Crippen LogP contribution in [-0.2, 0) is 0 Å². The minimum absolute atomic E-state index is 0.212. The van der Waals surface area contributed by atoms with Crippen LogP contribution in [0.25, 0.3) is 33.1 Å². The Hall–Kier alpha value is -4.47. The molecule has 0 saturated carbocycles. The molecular formula is C30H17ClF2N4O2S. The molecule has 1 unspecified atom stereocenters. The Morgan fingerprint density at radius 2 is 1.73 bits per heavy atom. The molecule has 6 nitrogen and oxygen atoms in total. The van der Waals surface area contributed by atoms with Crippen molar-refractivity contribution < 1.29 is 13.2 Å². The highest BCUT2D eigenvalue weighted by molar-refractivity contribution is 7.14. The van der Waals surface area contributed by atoms with Crippen molar-refractivity contribution in [1.29, 1.82) is 0 Å². The minimum Gasteiger partial charge on any atom is -0.422 e. The lowest BCUT2D eigenvalue weighted by Gasteiger charge is -2.22. The number of nitrogens with zero attached hydrogens (tertiary/aromatic N) is 4. The number of para-hydroxylation sites is 1. The average molecular weight is 571 g/mol. The molecule has 7 rings (SSSR count). The number of pyridine rings is 1. The topological polar surface area (TPSA) is 71.6 Å². The van der Waals surface area contributed by atoms with Crippen molar-refractivity contribution in [3.63, 3.8) is 0 Å². The first-order chi connectivity index (χ1) is 19.4. The number of aromatic nitrogens is 2. The summed E-state index contributed by atoms with van der Waals surface area (Å²) in [6.07, 6.45) is 0.470. The first-order valence-corrected chi connectivity index (χ1v) is 13.6. The van der Waals surface area contributed by atoms with Gasteiger partial charge in [0.2, 0.25) is 5.13 Å². The summed E-state index contributed by atoms with van der Waals surface area (Å²) in [5, 5.41) is 10.6. The van der Waals surface area contributed by atoms with Gasteiger partial charge in [-0.15, -0.1) is 11.3 Å². The van der Waals surface area contributed by atoms with Gasteiger partial charge in [0.1, 0.15) is 22.4 Å². The number of thiazole rings is 1. The number of halogens is 3. The highest BCUT2D eigenvalue weighted by Gasteiger charge is 2.34. The summed E-state index contributed by atoms with van der Waals surface area (Å²) >= 11 is 8.00. The predicted molar refractivity (Wildman–Crippen MR) is 153 cm³/mol. The summed E-state index contributed by atoms with van der Waals surface area (Å²) in [6.45, 7) is 0. The monoisotopic (exact) mass is 570 g/mol. The van der Waals surface area contributed by atoms with E-state index in [4.69, 9.17) is 26.1 Å². The summed E-state index contributed by atoms with van der Waals surface area (Å²) in [6, 6.07) is 21.0. The molecule has 0 radical (unpaired) electrons. The Morgan fingerprint density at radius 3 is 2.58 bits per heavy atom. The van der Waals surface area contributed by atoms with Gasteiger partial charge in [-0.3, -0.25) is 0 Å². The Kier molecular flexibility index (Phi) is 5.91. The molecule has 4 heterocycles. The third-order valence-electron chi connectivity index (χ3n) is 6.81. The van der Waals surface area contributed by atoms with Crippen LogP contribution >= 0.6 is 22.9 Å². The average Bonchev–Trinajstić information content (AvgIpc) is 3.61. The highest BCUT2D eigenvalue weighted by atomic mass is 35.5. The number of hydrogen-bond donors (Lipinski definition) is 0. The quantitative estimate of drug-likeness (QED) is 0.160. The molecule has 0 spiro atoms. The SMILES string of the molecule is O=c1oc2ccc(F)cc2cc1-c1csc(N2N=C(c3ccc(F)cc3)CC2c2cc3ccccc3nc2Cl)n1. The van der Waals surface area contributed by atoms with Gasteiger partial charge in [0.15, 0.2) is 0 Å². The van der Waals surface area contributed by atoms with E-state index >= 15 is 0 Å². The Balaban J connectivity index is 1.33. The Bertz CT molecular complexity index is 2020. The van der Waals surface area contributed by atoms with Crippen molar-refractivity contribution in [1.82, 2.24) is 9.97 Å². The number of anilines is 1. The van der Waals surface area contributed by atoms with Gasteiger partial charge in [0.05, 0.1) is 28.5 Å². The summed E-state index contributed by atoms with van der Waals surface area (Å²) in [7, 11) is 0. The zero-order chi connectivity index (χ0) is 27.4. The molecular weight excluding hydrogens is 554 g/mol. The minimum atomic E-state index is -0.578. The first kappa shape index (κ1) is 24.6. The fraction of sp³-hybridized carbons (Fsp3) is 0.0667. The molecule has 0 N–H and O–H groups in total. The van der Waals surface area contributed by atoms with Crippen LogP contribution in [0.1, 0.15) is 23.6 Å². The third-order valence-corrected chi connectivity index (χ3v) is 7.94. The lowest BCUT2D eigenvalue weighted by molar-refractivity contribution is 0.560. The van der Waals surface area contributed by atoms with Crippen LogP contribution in [0, 0.1) is 11.6 Å². The van der Waals surface area contributed by atoms with E-state index in [1.807, 2.05) is 30.3 Å². The predicted octanol–water partition coefficient (Wildman–Crippen LogP) is 7.75. The summed E-state index contributed by atoms with van der Waals surface area (Å²) in [4.78, 5) is 22.1. The highest BCUT2D eigenvalue weighted by Crippen LogP contribution is 2.41. The van der Waals surface area contributed by atoms with E-state index in [0.717, 1.165) is 27.7 Å². The molecule has 6 aromatic rings. The molecule has 1 aliphatic heterocycles.